The highest BCUT2D eigenvalue weighted by Crippen LogP contribution is 2.56. The molecular weight excluding hydrogens is 362 g/mol. The summed E-state index contributed by atoms with van der Waals surface area (Å²) in [4.78, 5) is 15.5. The summed E-state index contributed by atoms with van der Waals surface area (Å²) in [5, 5.41) is 11.9. The zero-order chi connectivity index (χ0) is 20.6. The van der Waals surface area contributed by atoms with E-state index in [4.69, 9.17) is 4.74 Å². The fourth-order valence-corrected chi connectivity index (χ4v) is 4.53. The minimum Gasteiger partial charge on any atom is -0.467 e. The molecule has 0 aromatic heterocycles. The fraction of sp³-hybridized carbons (Fsp3) is 0.240. The van der Waals surface area contributed by atoms with Gasteiger partial charge >= 0.3 is 5.97 Å². The number of fused-ring (bicyclic) bond motifs is 1. The second kappa shape index (κ2) is 7.05. The van der Waals surface area contributed by atoms with Gasteiger partial charge in [-0.25, -0.2) is 4.79 Å². The molecule has 0 amide bonds. The Kier molecular flexibility index (Phi) is 4.67. The number of anilines is 1. The van der Waals surface area contributed by atoms with Gasteiger partial charge < -0.3 is 14.7 Å². The number of para-hydroxylation sites is 1. The topological polar surface area (TPSA) is 49.8 Å². The molecule has 3 aromatic carbocycles. The molecule has 0 saturated carbocycles. The quantitative estimate of drug-likeness (QED) is 0.679. The first-order chi connectivity index (χ1) is 13.9. The highest BCUT2D eigenvalue weighted by Gasteiger charge is 2.65. The molecule has 29 heavy (non-hydrogen) atoms. The van der Waals surface area contributed by atoms with E-state index >= 15 is 0 Å². The van der Waals surface area contributed by atoms with Crippen LogP contribution in [0.15, 0.2) is 78.9 Å². The lowest BCUT2D eigenvalue weighted by Gasteiger charge is -2.44. The van der Waals surface area contributed by atoms with E-state index in [1.807, 2.05) is 90.7 Å². The van der Waals surface area contributed by atoms with E-state index in [9.17, 15) is 9.90 Å². The Labute approximate surface area is 171 Å². The molecule has 0 fully saturated rings. The number of rotatable bonds is 4. The summed E-state index contributed by atoms with van der Waals surface area (Å²) in [5.74, 6) is -0.488. The molecule has 3 aromatic rings. The van der Waals surface area contributed by atoms with Crippen LogP contribution in [0.2, 0.25) is 0 Å². The number of carbonyl (C=O) groups excluding carboxylic acids is 1. The third-order valence-corrected chi connectivity index (χ3v) is 5.96. The molecule has 0 radical (unpaired) electrons. The molecule has 0 saturated heterocycles. The number of nitrogens with zero attached hydrogens (tertiary/aromatic N) is 1. The summed E-state index contributed by atoms with van der Waals surface area (Å²) in [6.07, 6.45) is 0. The Hall–Kier alpha value is -3.11. The van der Waals surface area contributed by atoms with Gasteiger partial charge in [-0.2, -0.15) is 0 Å². The van der Waals surface area contributed by atoms with Gasteiger partial charge in [0, 0.05) is 17.8 Å². The summed E-state index contributed by atoms with van der Waals surface area (Å²) < 4.78 is 5.32. The first-order valence-corrected chi connectivity index (χ1v) is 9.72. The first kappa shape index (κ1) is 19.2. The van der Waals surface area contributed by atoms with Gasteiger partial charge in [-0.1, -0.05) is 78.4 Å². The molecule has 1 heterocycles. The van der Waals surface area contributed by atoms with Gasteiger partial charge in [0.1, 0.15) is 5.60 Å². The highest BCUT2D eigenvalue weighted by atomic mass is 16.5. The zero-order valence-electron chi connectivity index (χ0n) is 16.9. The van der Waals surface area contributed by atoms with Crippen LogP contribution in [-0.4, -0.2) is 18.2 Å². The Bertz CT molecular complexity index is 1030. The van der Waals surface area contributed by atoms with E-state index in [1.165, 1.54) is 7.11 Å². The van der Waals surface area contributed by atoms with Crippen molar-refractivity contribution in [3.05, 3.63) is 101 Å². The molecule has 4 heteroatoms. The van der Waals surface area contributed by atoms with Crippen molar-refractivity contribution in [3.8, 4) is 0 Å². The van der Waals surface area contributed by atoms with E-state index in [1.54, 1.807) is 6.92 Å². The molecule has 148 valence electrons. The van der Waals surface area contributed by atoms with Crippen LogP contribution in [0.4, 0.5) is 5.69 Å². The van der Waals surface area contributed by atoms with Gasteiger partial charge in [0.05, 0.1) is 7.11 Å². The molecule has 0 spiro atoms. The minimum atomic E-state index is -1.49. The van der Waals surface area contributed by atoms with Crippen LogP contribution in [0.3, 0.4) is 0 Å². The van der Waals surface area contributed by atoms with E-state index in [2.05, 4.69) is 0 Å². The van der Waals surface area contributed by atoms with Crippen LogP contribution in [0, 0.1) is 6.92 Å². The number of methoxy groups -OCH3 is 1. The molecule has 1 aliphatic heterocycles. The van der Waals surface area contributed by atoms with Gasteiger partial charge in [-0.05, 0) is 31.0 Å². The SMILES string of the molecule is COC(=O)[C@@]1(c2ccc(C)cc2)N(Cc2ccccc2)c2ccccc2[C@@]1(C)O. The summed E-state index contributed by atoms with van der Waals surface area (Å²) in [6.45, 7) is 4.16. The number of ether oxygens (including phenoxy) is 1. The van der Waals surface area contributed by atoms with Crippen molar-refractivity contribution >= 4 is 11.7 Å². The van der Waals surface area contributed by atoms with Gasteiger partial charge in [-0.3, -0.25) is 0 Å². The number of hydrogen-bond acceptors (Lipinski definition) is 4. The number of esters is 1. The molecule has 4 rings (SSSR count). The number of carbonyl (C=O) groups is 1. The van der Waals surface area contributed by atoms with Gasteiger partial charge in [0.2, 0.25) is 0 Å². The Morgan fingerprint density at radius 3 is 2.24 bits per heavy atom. The van der Waals surface area contributed by atoms with E-state index in [0.717, 1.165) is 16.8 Å². The molecule has 1 N–H and O–H groups in total. The van der Waals surface area contributed by atoms with Crippen LogP contribution in [0.25, 0.3) is 0 Å². The zero-order valence-corrected chi connectivity index (χ0v) is 16.9. The summed E-state index contributed by atoms with van der Waals surface area (Å²) in [5.41, 5.74) is 1.47. The average Bonchev–Trinajstić information content (AvgIpc) is 2.94. The molecule has 0 aliphatic carbocycles. The molecule has 1 aliphatic rings. The van der Waals surface area contributed by atoms with Crippen molar-refractivity contribution in [2.24, 2.45) is 0 Å². The normalized spacial score (nSPS) is 23.0. The predicted octanol–water partition coefficient (Wildman–Crippen LogP) is 4.29. The Balaban J connectivity index is 2.01. The van der Waals surface area contributed by atoms with Crippen molar-refractivity contribution in [1.29, 1.82) is 0 Å². The van der Waals surface area contributed by atoms with E-state index in [0.29, 0.717) is 17.7 Å². The van der Waals surface area contributed by atoms with Crippen LogP contribution < -0.4 is 4.90 Å². The summed E-state index contributed by atoms with van der Waals surface area (Å²) in [6, 6.07) is 25.3. The highest BCUT2D eigenvalue weighted by molar-refractivity contribution is 5.93. The first-order valence-electron chi connectivity index (χ1n) is 9.72. The molecule has 2 atom stereocenters. The third-order valence-electron chi connectivity index (χ3n) is 5.96. The van der Waals surface area contributed by atoms with Gasteiger partial charge in [-0.15, -0.1) is 0 Å². The van der Waals surface area contributed by atoms with Crippen molar-refractivity contribution in [1.82, 2.24) is 0 Å². The standard InChI is InChI=1S/C25H25NO3/c1-18-13-15-20(16-14-18)25(23(27)29-3)24(2,28)21-11-7-8-12-22(21)26(25)17-19-9-5-4-6-10-19/h4-16,28H,17H2,1-3H3/t24-,25-/m1/s1. The van der Waals surface area contributed by atoms with Crippen LogP contribution in [0.5, 0.6) is 0 Å². The minimum absolute atomic E-state index is 0.455. The summed E-state index contributed by atoms with van der Waals surface area (Å²) in [7, 11) is 1.37. The average molecular weight is 387 g/mol. The maximum atomic E-state index is 13.5. The van der Waals surface area contributed by atoms with Crippen molar-refractivity contribution in [2.45, 2.75) is 31.5 Å². The Morgan fingerprint density at radius 2 is 1.59 bits per heavy atom. The third kappa shape index (κ3) is 2.75. The molecule has 4 nitrogen and oxygen atoms in total. The van der Waals surface area contributed by atoms with Crippen molar-refractivity contribution < 1.29 is 14.6 Å². The van der Waals surface area contributed by atoms with Gasteiger partial charge in [0.25, 0.3) is 0 Å². The number of aryl methyl sites for hydroxylation is 1. The number of benzene rings is 3. The van der Waals surface area contributed by atoms with Crippen molar-refractivity contribution in [3.63, 3.8) is 0 Å². The lowest BCUT2D eigenvalue weighted by atomic mass is 9.73. The smallest absolute Gasteiger partial charge is 0.339 e. The van der Waals surface area contributed by atoms with Crippen molar-refractivity contribution in [2.75, 3.05) is 12.0 Å². The molecular formula is C25H25NO3. The van der Waals surface area contributed by atoms with E-state index < -0.39 is 17.1 Å². The lowest BCUT2D eigenvalue weighted by Crippen LogP contribution is -2.60. The van der Waals surface area contributed by atoms with E-state index in [-0.39, 0.29) is 0 Å². The van der Waals surface area contributed by atoms with Crippen LogP contribution in [-0.2, 0) is 27.2 Å². The Morgan fingerprint density at radius 1 is 0.966 bits per heavy atom. The maximum Gasteiger partial charge on any atom is 0.339 e. The second-order valence-electron chi connectivity index (χ2n) is 7.73. The maximum absolute atomic E-state index is 13.5. The fourth-order valence-electron chi connectivity index (χ4n) is 4.53. The predicted molar refractivity (Wildman–Crippen MR) is 114 cm³/mol. The second-order valence-corrected chi connectivity index (χ2v) is 7.73. The number of aliphatic hydroxyl groups is 1. The largest absolute Gasteiger partial charge is 0.467 e. The molecule has 0 bridgehead atoms. The molecule has 0 unspecified atom stereocenters. The van der Waals surface area contributed by atoms with Gasteiger partial charge in [0.15, 0.2) is 5.54 Å². The van der Waals surface area contributed by atoms with Crippen LogP contribution in [0.1, 0.15) is 29.2 Å². The van der Waals surface area contributed by atoms with Crippen LogP contribution >= 0.6 is 0 Å². The summed E-state index contributed by atoms with van der Waals surface area (Å²) >= 11 is 0. The lowest BCUT2D eigenvalue weighted by molar-refractivity contribution is -0.159. The number of hydrogen-bond donors (Lipinski definition) is 1. The monoisotopic (exact) mass is 387 g/mol.